The zero-order chi connectivity index (χ0) is 20.0. The lowest BCUT2D eigenvalue weighted by molar-refractivity contribution is 0.478. The molecule has 0 aliphatic heterocycles. The van der Waals surface area contributed by atoms with Crippen LogP contribution in [0, 0.1) is 31.6 Å². The minimum atomic E-state index is 0.0873. The van der Waals surface area contributed by atoms with Crippen LogP contribution in [0.4, 0.5) is 0 Å². The third kappa shape index (κ3) is 4.52. The van der Waals surface area contributed by atoms with Crippen LogP contribution in [0.15, 0.2) is 42.5 Å². The normalized spacial score (nSPS) is 15.6. The molecule has 0 heteroatoms. The van der Waals surface area contributed by atoms with Gasteiger partial charge in [-0.2, -0.15) is 0 Å². The molecule has 0 unspecified atom stereocenters. The summed E-state index contributed by atoms with van der Waals surface area (Å²) in [6.07, 6.45) is 10.3. The van der Waals surface area contributed by atoms with Gasteiger partial charge in [0.15, 0.2) is 0 Å². The van der Waals surface area contributed by atoms with Crippen LogP contribution >= 0.6 is 0 Å². The molecule has 2 aromatic rings. The molecule has 0 N–H and O–H groups in total. The highest BCUT2D eigenvalue weighted by Crippen LogP contribution is 2.39. The molecule has 1 aliphatic carbocycles. The molecule has 0 saturated heterocycles. The van der Waals surface area contributed by atoms with Crippen molar-refractivity contribution in [3.05, 3.63) is 70.3 Å². The Bertz CT molecular complexity index is 834. The molecule has 1 aliphatic rings. The predicted molar refractivity (Wildman–Crippen MR) is 122 cm³/mol. The first-order valence-electron chi connectivity index (χ1n) is 11.3. The molecule has 3 rings (SSSR count). The molecule has 0 atom stereocenters. The molecule has 0 amide bonds. The predicted octanol–water partition coefficient (Wildman–Crippen LogP) is 7.73. The largest absolute Gasteiger partial charge is 0.0945 e. The van der Waals surface area contributed by atoms with Crippen molar-refractivity contribution in [1.82, 2.24) is 0 Å². The molecule has 0 bridgehead atoms. The molecule has 0 aromatic heterocycles. The average molecular weight is 373 g/mol. The quantitative estimate of drug-likeness (QED) is 0.380. The lowest BCUT2D eigenvalue weighted by Crippen LogP contribution is -2.26. The van der Waals surface area contributed by atoms with Gasteiger partial charge in [-0.1, -0.05) is 93.3 Å². The van der Waals surface area contributed by atoms with Gasteiger partial charge in [-0.15, -0.1) is 0 Å². The summed E-state index contributed by atoms with van der Waals surface area (Å²) in [5, 5.41) is 0. The van der Waals surface area contributed by atoms with Crippen molar-refractivity contribution < 1.29 is 0 Å². The van der Waals surface area contributed by atoms with E-state index in [2.05, 4.69) is 82.0 Å². The Morgan fingerprint density at radius 3 is 2.14 bits per heavy atom. The zero-order valence-electron chi connectivity index (χ0n) is 18.3. The van der Waals surface area contributed by atoms with Crippen LogP contribution in [0.25, 0.3) is 0 Å². The van der Waals surface area contributed by atoms with E-state index in [0.29, 0.717) is 5.92 Å². The van der Waals surface area contributed by atoms with Gasteiger partial charge in [-0.25, -0.2) is 0 Å². The van der Waals surface area contributed by atoms with Crippen LogP contribution in [0.5, 0.6) is 0 Å². The fourth-order valence-electron chi connectivity index (χ4n) is 4.88. The van der Waals surface area contributed by atoms with Crippen molar-refractivity contribution in [3.8, 4) is 11.8 Å². The monoisotopic (exact) mass is 372 g/mol. The highest BCUT2D eigenvalue weighted by atomic mass is 14.3. The van der Waals surface area contributed by atoms with Crippen LogP contribution in [0.2, 0.25) is 0 Å². The first kappa shape index (κ1) is 20.7. The number of hydrogen-bond acceptors (Lipinski definition) is 0. The molecule has 2 aromatic carbocycles. The fraction of sp³-hybridized carbons (Fsp3) is 0.500. The Hall–Kier alpha value is -2.00. The summed E-state index contributed by atoms with van der Waals surface area (Å²) in [7, 11) is 0. The molecule has 0 spiro atoms. The first-order chi connectivity index (χ1) is 13.6. The molecule has 0 radical (unpaired) electrons. The summed E-state index contributed by atoms with van der Waals surface area (Å²) in [6, 6.07) is 16.1. The van der Waals surface area contributed by atoms with E-state index in [4.69, 9.17) is 0 Å². The lowest BCUT2D eigenvalue weighted by atomic mass is 9.70. The number of aryl methyl sites for hydroxylation is 2. The van der Waals surface area contributed by atoms with E-state index in [1.165, 1.54) is 66.3 Å². The second-order valence-corrected chi connectivity index (χ2v) is 8.65. The van der Waals surface area contributed by atoms with E-state index in [9.17, 15) is 0 Å². The molecule has 1 fully saturated rings. The number of hydrogen-bond donors (Lipinski definition) is 0. The number of rotatable bonds is 4. The summed E-state index contributed by atoms with van der Waals surface area (Å²) in [4.78, 5) is 0. The van der Waals surface area contributed by atoms with Gasteiger partial charge >= 0.3 is 0 Å². The van der Waals surface area contributed by atoms with Gasteiger partial charge < -0.3 is 0 Å². The van der Waals surface area contributed by atoms with Gasteiger partial charge in [0.2, 0.25) is 0 Å². The Balaban J connectivity index is 1.91. The van der Waals surface area contributed by atoms with Crippen molar-refractivity contribution >= 4 is 0 Å². The van der Waals surface area contributed by atoms with E-state index < -0.39 is 0 Å². The van der Waals surface area contributed by atoms with Crippen LogP contribution in [-0.4, -0.2) is 0 Å². The second-order valence-electron chi connectivity index (χ2n) is 8.65. The van der Waals surface area contributed by atoms with Crippen LogP contribution in [-0.2, 0) is 5.41 Å². The van der Waals surface area contributed by atoms with Crippen molar-refractivity contribution in [2.45, 2.75) is 84.5 Å². The highest BCUT2D eigenvalue weighted by molar-refractivity contribution is 5.48. The molecule has 148 valence electrons. The highest BCUT2D eigenvalue weighted by Gasteiger charge is 2.30. The maximum atomic E-state index is 3.59. The van der Waals surface area contributed by atoms with Gasteiger partial charge in [0.25, 0.3) is 0 Å². The Morgan fingerprint density at radius 2 is 1.54 bits per heavy atom. The zero-order valence-corrected chi connectivity index (χ0v) is 18.3. The van der Waals surface area contributed by atoms with Gasteiger partial charge in [0, 0.05) is 16.9 Å². The van der Waals surface area contributed by atoms with Crippen molar-refractivity contribution in [2.24, 2.45) is 5.92 Å². The minimum absolute atomic E-state index is 0.0873. The van der Waals surface area contributed by atoms with Gasteiger partial charge in [-0.3, -0.25) is 0 Å². The molecular formula is C28H36. The Morgan fingerprint density at radius 1 is 0.857 bits per heavy atom. The molecule has 1 saturated carbocycles. The van der Waals surface area contributed by atoms with Crippen LogP contribution < -0.4 is 0 Å². The van der Waals surface area contributed by atoms with E-state index in [1.807, 2.05) is 0 Å². The van der Waals surface area contributed by atoms with E-state index >= 15 is 0 Å². The maximum Gasteiger partial charge on any atom is 0.0274 e. The fourth-order valence-corrected chi connectivity index (χ4v) is 4.88. The van der Waals surface area contributed by atoms with Crippen molar-refractivity contribution in [3.63, 3.8) is 0 Å². The molecule has 28 heavy (non-hydrogen) atoms. The average Bonchev–Trinajstić information content (AvgIpc) is 2.98. The summed E-state index contributed by atoms with van der Waals surface area (Å²) < 4.78 is 0. The van der Waals surface area contributed by atoms with E-state index in [-0.39, 0.29) is 5.41 Å². The van der Waals surface area contributed by atoms with Gasteiger partial charge in [0.1, 0.15) is 0 Å². The Labute approximate surface area is 172 Å². The Kier molecular flexibility index (Phi) is 7.01. The smallest absolute Gasteiger partial charge is 0.0274 e. The summed E-state index contributed by atoms with van der Waals surface area (Å²) in [5.74, 6) is 7.71. The molecule has 0 nitrogen and oxygen atoms in total. The van der Waals surface area contributed by atoms with Crippen LogP contribution in [0.3, 0.4) is 0 Å². The second kappa shape index (κ2) is 9.47. The van der Waals surface area contributed by atoms with E-state index in [0.717, 1.165) is 12.8 Å². The maximum absolute atomic E-state index is 3.59. The summed E-state index contributed by atoms with van der Waals surface area (Å²) in [6.45, 7) is 9.06. The summed E-state index contributed by atoms with van der Waals surface area (Å²) >= 11 is 0. The first-order valence-corrected chi connectivity index (χ1v) is 11.3. The van der Waals surface area contributed by atoms with Gasteiger partial charge in [-0.05, 0) is 62.3 Å². The molecular weight excluding hydrogens is 336 g/mol. The SMILES string of the molecule is CCC(CC)(c1cccc(C)c1)c1ccc(C#CC2CCCCCC2)c(C)c1. The summed E-state index contributed by atoms with van der Waals surface area (Å²) in [5.41, 5.74) is 6.82. The van der Waals surface area contributed by atoms with Gasteiger partial charge in [0.05, 0.1) is 0 Å². The van der Waals surface area contributed by atoms with E-state index in [1.54, 1.807) is 0 Å². The lowest BCUT2D eigenvalue weighted by Gasteiger charge is -2.34. The third-order valence-electron chi connectivity index (χ3n) is 6.82. The molecule has 0 heterocycles. The number of benzene rings is 2. The standard InChI is InChI=1S/C28H36/c1-5-28(6-2,26-15-11-12-22(3)20-26)27-19-18-25(23(4)21-27)17-16-24-13-9-7-8-10-14-24/h11-12,15,18-21,24H,5-10,13-14H2,1-4H3. The third-order valence-corrected chi connectivity index (χ3v) is 6.82. The van der Waals surface area contributed by atoms with Crippen molar-refractivity contribution in [2.75, 3.05) is 0 Å². The van der Waals surface area contributed by atoms with Crippen LogP contribution in [0.1, 0.15) is 93.0 Å². The topological polar surface area (TPSA) is 0 Å². The minimum Gasteiger partial charge on any atom is -0.0945 e. The van der Waals surface area contributed by atoms with Crippen molar-refractivity contribution in [1.29, 1.82) is 0 Å².